The smallest absolute Gasteiger partial charge is 0.323 e. The van der Waals surface area contributed by atoms with Crippen LogP contribution in [0, 0.1) is 5.82 Å². The highest BCUT2D eigenvalue weighted by Crippen LogP contribution is 2.29. The van der Waals surface area contributed by atoms with E-state index >= 15 is 0 Å². The second-order valence-corrected chi connectivity index (χ2v) is 5.39. The van der Waals surface area contributed by atoms with Gasteiger partial charge in [0.15, 0.2) is 0 Å². The molecule has 0 saturated carbocycles. The normalized spacial score (nSPS) is 12.5. The molecule has 22 heavy (non-hydrogen) atoms. The van der Waals surface area contributed by atoms with Gasteiger partial charge in [-0.15, -0.1) is 0 Å². The molecule has 0 unspecified atom stereocenters. The highest BCUT2D eigenvalue weighted by molar-refractivity contribution is 6.31. The molecule has 6 heteroatoms. The maximum Gasteiger partial charge on any atom is 0.323 e. The molecule has 0 spiro atoms. The van der Waals surface area contributed by atoms with Crippen molar-refractivity contribution in [2.45, 2.75) is 6.42 Å². The second-order valence-electron chi connectivity index (χ2n) is 4.99. The van der Waals surface area contributed by atoms with E-state index in [0.29, 0.717) is 11.4 Å². The van der Waals surface area contributed by atoms with Gasteiger partial charge in [-0.3, -0.25) is 0 Å². The zero-order chi connectivity index (χ0) is 15.7. The number of hydrogen-bond donors (Lipinski definition) is 3. The summed E-state index contributed by atoms with van der Waals surface area (Å²) in [7, 11) is 0. The Morgan fingerprint density at radius 1 is 1.18 bits per heavy atom. The highest BCUT2D eigenvalue weighted by atomic mass is 35.5. The van der Waals surface area contributed by atoms with Crippen LogP contribution in [0.2, 0.25) is 5.02 Å². The average Bonchev–Trinajstić information content (AvgIpc) is 2.82. The quantitative estimate of drug-likeness (QED) is 0.758. The van der Waals surface area contributed by atoms with Gasteiger partial charge in [-0.2, -0.15) is 0 Å². The van der Waals surface area contributed by atoms with Crippen LogP contribution in [-0.2, 0) is 6.42 Å². The van der Waals surface area contributed by atoms with Gasteiger partial charge in [-0.05, 0) is 35.9 Å². The van der Waals surface area contributed by atoms with Crippen LogP contribution in [0.3, 0.4) is 0 Å². The molecular weight excluding hydrogens is 305 g/mol. The van der Waals surface area contributed by atoms with Crippen LogP contribution < -0.4 is 16.0 Å². The first-order valence-corrected chi connectivity index (χ1v) is 7.00. The summed E-state index contributed by atoms with van der Waals surface area (Å²) in [5, 5.41) is 8.41. The number of allylic oxidation sites excluding steroid dienone is 1. The molecule has 0 atom stereocenters. The highest BCUT2D eigenvalue weighted by Gasteiger charge is 2.14. The summed E-state index contributed by atoms with van der Waals surface area (Å²) >= 11 is 5.67. The average molecular weight is 318 g/mol. The van der Waals surface area contributed by atoms with Gasteiger partial charge in [0.1, 0.15) is 5.82 Å². The number of amides is 2. The van der Waals surface area contributed by atoms with Gasteiger partial charge in [0.05, 0.1) is 5.02 Å². The zero-order valence-electron chi connectivity index (χ0n) is 11.5. The number of rotatable bonds is 2. The van der Waals surface area contributed by atoms with Crippen LogP contribution >= 0.6 is 11.6 Å². The van der Waals surface area contributed by atoms with Crippen LogP contribution in [0.25, 0.3) is 0 Å². The summed E-state index contributed by atoms with van der Waals surface area (Å²) < 4.78 is 13.1. The van der Waals surface area contributed by atoms with Crippen LogP contribution in [0.1, 0.15) is 5.56 Å². The largest absolute Gasteiger partial charge is 0.359 e. The van der Waals surface area contributed by atoms with E-state index in [0.717, 1.165) is 23.4 Å². The molecule has 3 N–H and O–H groups in total. The van der Waals surface area contributed by atoms with E-state index in [4.69, 9.17) is 11.6 Å². The van der Waals surface area contributed by atoms with Crippen molar-refractivity contribution < 1.29 is 9.18 Å². The monoisotopic (exact) mass is 317 g/mol. The van der Waals surface area contributed by atoms with E-state index in [1.165, 1.54) is 18.2 Å². The minimum absolute atomic E-state index is 0.0435. The Kier molecular flexibility index (Phi) is 3.73. The molecule has 112 valence electrons. The van der Waals surface area contributed by atoms with Crippen molar-refractivity contribution in [1.29, 1.82) is 0 Å². The molecule has 3 rings (SSSR count). The first-order valence-electron chi connectivity index (χ1n) is 6.62. The van der Waals surface area contributed by atoms with Crippen LogP contribution in [-0.4, -0.2) is 6.03 Å². The van der Waals surface area contributed by atoms with Gasteiger partial charge in [-0.25, -0.2) is 9.18 Å². The van der Waals surface area contributed by atoms with E-state index in [-0.39, 0.29) is 5.02 Å². The summed E-state index contributed by atoms with van der Waals surface area (Å²) in [6, 6.07) is 9.15. The minimum Gasteiger partial charge on any atom is -0.359 e. The lowest BCUT2D eigenvalue weighted by Gasteiger charge is -2.09. The van der Waals surface area contributed by atoms with Crippen molar-refractivity contribution in [1.82, 2.24) is 0 Å². The van der Waals surface area contributed by atoms with Gasteiger partial charge < -0.3 is 16.0 Å². The molecule has 2 amide bonds. The third-order valence-corrected chi connectivity index (χ3v) is 3.55. The summed E-state index contributed by atoms with van der Waals surface area (Å²) in [5.74, 6) is -0.530. The van der Waals surface area contributed by atoms with Crippen molar-refractivity contribution in [2.75, 3.05) is 16.0 Å². The fraction of sp³-hybridized carbons (Fsp3) is 0.0625. The number of benzene rings is 2. The molecule has 2 aromatic carbocycles. The molecule has 0 aromatic heterocycles. The van der Waals surface area contributed by atoms with Gasteiger partial charge in [0.2, 0.25) is 0 Å². The lowest BCUT2D eigenvalue weighted by atomic mass is 10.1. The lowest BCUT2D eigenvalue weighted by molar-refractivity contribution is 0.262. The van der Waals surface area contributed by atoms with Gasteiger partial charge >= 0.3 is 6.03 Å². The molecule has 0 fully saturated rings. The molecule has 0 bridgehead atoms. The van der Waals surface area contributed by atoms with E-state index in [2.05, 4.69) is 22.5 Å². The van der Waals surface area contributed by atoms with E-state index in [1.807, 2.05) is 18.2 Å². The SMILES string of the molecule is C=C1Cc2ccc(NC(=O)Nc3ccc(F)c(Cl)c3)cc2N1. The Hall–Kier alpha value is -2.53. The van der Waals surface area contributed by atoms with E-state index in [1.54, 1.807) is 0 Å². The van der Waals surface area contributed by atoms with Gasteiger partial charge in [-0.1, -0.05) is 24.2 Å². The fourth-order valence-corrected chi connectivity index (χ4v) is 2.44. The topological polar surface area (TPSA) is 53.2 Å². The summed E-state index contributed by atoms with van der Waals surface area (Å²) in [4.78, 5) is 11.9. The number of fused-ring (bicyclic) bond motifs is 1. The first kappa shape index (κ1) is 14.4. The third kappa shape index (κ3) is 3.04. The number of urea groups is 1. The number of halogens is 2. The van der Waals surface area contributed by atoms with Gasteiger partial charge in [0, 0.05) is 29.2 Å². The van der Waals surface area contributed by atoms with Crippen molar-refractivity contribution in [3.63, 3.8) is 0 Å². The standard InChI is InChI=1S/C16H13ClFN3O/c1-9-6-10-2-3-12(8-15(10)19-9)21-16(22)20-11-4-5-14(18)13(17)7-11/h2-5,7-8,19H,1,6H2,(H2,20,21,22). The summed E-state index contributed by atoms with van der Waals surface area (Å²) in [5.41, 5.74) is 4.06. The molecule has 1 aliphatic rings. The Morgan fingerprint density at radius 3 is 2.59 bits per heavy atom. The van der Waals surface area contributed by atoms with Crippen molar-refractivity contribution in [3.8, 4) is 0 Å². The fourth-order valence-electron chi connectivity index (χ4n) is 2.26. The number of nitrogens with one attached hydrogen (secondary N) is 3. The third-order valence-electron chi connectivity index (χ3n) is 3.26. The van der Waals surface area contributed by atoms with Crippen LogP contribution in [0.4, 0.5) is 26.2 Å². The number of carbonyl (C=O) groups is 1. The molecule has 1 aliphatic heterocycles. The minimum atomic E-state index is -0.530. The second kappa shape index (κ2) is 5.69. The van der Waals surface area contributed by atoms with Crippen molar-refractivity contribution in [2.24, 2.45) is 0 Å². The molecule has 2 aromatic rings. The first-order chi connectivity index (χ1) is 10.5. The Morgan fingerprint density at radius 2 is 1.86 bits per heavy atom. The predicted octanol–water partition coefficient (Wildman–Crippen LogP) is 4.60. The Bertz CT molecular complexity index is 776. The maximum absolute atomic E-state index is 13.1. The van der Waals surface area contributed by atoms with Gasteiger partial charge in [0.25, 0.3) is 0 Å². The summed E-state index contributed by atoms with van der Waals surface area (Å²) in [6.07, 6.45) is 0.788. The van der Waals surface area contributed by atoms with Crippen LogP contribution in [0.15, 0.2) is 48.7 Å². The molecule has 0 aliphatic carbocycles. The molecule has 0 saturated heterocycles. The number of hydrogen-bond acceptors (Lipinski definition) is 2. The maximum atomic E-state index is 13.1. The predicted molar refractivity (Wildman–Crippen MR) is 87.0 cm³/mol. The Balaban J connectivity index is 1.68. The summed E-state index contributed by atoms with van der Waals surface area (Å²) in [6.45, 7) is 3.88. The Labute approximate surface area is 132 Å². The zero-order valence-corrected chi connectivity index (χ0v) is 12.3. The number of carbonyl (C=O) groups excluding carboxylic acids is 1. The van der Waals surface area contributed by atoms with E-state index < -0.39 is 11.8 Å². The number of anilines is 3. The van der Waals surface area contributed by atoms with E-state index in [9.17, 15) is 9.18 Å². The van der Waals surface area contributed by atoms with Crippen LogP contribution in [0.5, 0.6) is 0 Å². The molecule has 4 nitrogen and oxygen atoms in total. The molecule has 1 heterocycles. The molecular formula is C16H13ClFN3O. The van der Waals surface area contributed by atoms with Crippen molar-refractivity contribution >= 4 is 34.7 Å². The lowest BCUT2D eigenvalue weighted by Crippen LogP contribution is -2.19. The van der Waals surface area contributed by atoms with Crippen molar-refractivity contribution in [3.05, 3.63) is 65.1 Å². The molecule has 0 radical (unpaired) electrons.